The van der Waals surface area contributed by atoms with Crippen molar-refractivity contribution in [3.63, 3.8) is 0 Å². The molecule has 1 aromatic rings. The highest BCUT2D eigenvalue weighted by Crippen LogP contribution is 2.16. The first-order chi connectivity index (χ1) is 8.75. The van der Waals surface area contributed by atoms with E-state index in [0.29, 0.717) is 12.4 Å². The van der Waals surface area contributed by atoms with Crippen molar-refractivity contribution in [2.75, 3.05) is 18.9 Å². The molecular weight excluding hydrogens is 270 g/mol. The molecule has 0 saturated carbocycles. The fraction of sp³-hybridized carbons (Fsp3) is 0.462. The predicted octanol–water partition coefficient (Wildman–Crippen LogP) is 3.13. The summed E-state index contributed by atoms with van der Waals surface area (Å²) in [6.07, 6.45) is 2.08. The Labute approximate surface area is 116 Å². The number of thioether (sulfide) groups is 1. The zero-order valence-corrected chi connectivity index (χ0v) is 11.7. The molecule has 0 bridgehead atoms. The molecule has 2 rings (SSSR count). The standard InChI is InChI=1S/C13H16ClNO2S/c14-12-5-3-11(4-6-12)9-18-10-13(16)15-7-1-2-8-17-15/h3-6H,1-2,7-10H2. The molecule has 1 fully saturated rings. The molecule has 0 atom stereocenters. The number of hydrogen-bond acceptors (Lipinski definition) is 3. The molecule has 18 heavy (non-hydrogen) atoms. The Bertz CT molecular complexity index is 390. The summed E-state index contributed by atoms with van der Waals surface area (Å²) in [6.45, 7) is 1.38. The van der Waals surface area contributed by atoms with Crippen LogP contribution in [0.15, 0.2) is 24.3 Å². The van der Waals surface area contributed by atoms with E-state index < -0.39 is 0 Å². The minimum atomic E-state index is 0.0636. The second kappa shape index (κ2) is 7.02. The minimum Gasteiger partial charge on any atom is -0.272 e. The summed E-state index contributed by atoms with van der Waals surface area (Å²) in [5.41, 5.74) is 1.18. The minimum absolute atomic E-state index is 0.0636. The molecule has 0 aliphatic carbocycles. The third kappa shape index (κ3) is 4.19. The second-order valence-corrected chi connectivity index (χ2v) is 5.58. The van der Waals surface area contributed by atoms with Gasteiger partial charge in [0.2, 0.25) is 0 Å². The lowest BCUT2D eigenvalue weighted by Crippen LogP contribution is -2.36. The number of hydroxylamine groups is 2. The van der Waals surface area contributed by atoms with Crippen molar-refractivity contribution in [1.82, 2.24) is 5.06 Å². The Balaban J connectivity index is 1.71. The molecule has 1 aliphatic heterocycles. The van der Waals surface area contributed by atoms with E-state index in [2.05, 4.69) is 0 Å². The maximum Gasteiger partial charge on any atom is 0.256 e. The van der Waals surface area contributed by atoms with Gasteiger partial charge in [0.1, 0.15) is 0 Å². The van der Waals surface area contributed by atoms with Gasteiger partial charge in [-0.1, -0.05) is 23.7 Å². The van der Waals surface area contributed by atoms with E-state index in [-0.39, 0.29) is 5.91 Å². The molecule has 1 saturated heterocycles. The van der Waals surface area contributed by atoms with Crippen molar-refractivity contribution in [2.45, 2.75) is 18.6 Å². The first kappa shape index (κ1) is 13.7. The van der Waals surface area contributed by atoms with Crippen molar-refractivity contribution < 1.29 is 9.63 Å². The molecule has 0 N–H and O–H groups in total. The van der Waals surface area contributed by atoms with Crippen LogP contribution in [-0.2, 0) is 15.4 Å². The van der Waals surface area contributed by atoms with Gasteiger partial charge in [0, 0.05) is 17.3 Å². The summed E-state index contributed by atoms with van der Waals surface area (Å²) in [4.78, 5) is 17.1. The van der Waals surface area contributed by atoms with E-state index in [0.717, 1.165) is 30.2 Å². The number of nitrogens with zero attached hydrogens (tertiary/aromatic N) is 1. The quantitative estimate of drug-likeness (QED) is 0.851. The number of rotatable bonds is 4. The lowest BCUT2D eigenvalue weighted by molar-refractivity contribution is -0.194. The monoisotopic (exact) mass is 285 g/mol. The molecule has 3 nitrogen and oxygen atoms in total. The number of carbonyl (C=O) groups excluding carboxylic acids is 1. The summed E-state index contributed by atoms with van der Waals surface area (Å²) in [6, 6.07) is 7.70. The highest BCUT2D eigenvalue weighted by atomic mass is 35.5. The van der Waals surface area contributed by atoms with Crippen LogP contribution in [0.1, 0.15) is 18.4 Å². The lowest BCUT2D eigenvalue weighted by Gasteiger charge is -2.25. The summed E-state index contributed by atoms with van der Waals surface area (Å²) >= 11 is 7.41. The van der Waals surface area contributed by atoms with Crippen LogP contribution in [0.3, 0.4) is 0 Å². The summed E-state index contributed by atoms with van der Waals surface area (Å²) in [7, 11) is 0. The van der Waals surface area contributed by atoms with Crippen LogP contribution >= 0.6 is 23.4 Å². The fourth-order valence-electron chi connectivity index (χ4n) is 1.70. The highest BCUT2D eigenvalue weighted by molar-refractivity contribution is 7.99. The highest BCUT2D eigenvalue weighted by Gasteiger charge is 2.17. The van der Waals surface area contributed by atoms with Gasteiger partial charge in [-0.3, -0.25) is 9.63 Å². The molecule has 1 aliphatic rings. The van der Waals surface area contributed by atoms with Gasteiger partial charge < -0.3 is 0 Å². The topological polar surface area (TPSA) is 29.5 Å². The predicted molar refractivity (Wildman–Crippen MR) is 74.5 cm³/mol. The number of halogens is 1. The van der Waals surface area contributed by atoms with Gasteiger partial charge in [0.15, 0.2) is 0 Å². The van der Waals surface area contributed by atoms with Crippen molar-refractivity contribution in [1.29, 1.82) is 0 Å². The largest absolute Gasteiger partial charge is 0.272 e. The normalized spacial score (nSPS) is 15.7. The van der Waals surface area contributed by atoms with Crippen LogP contribution < -0.4 is 0 Å². The zero-order valence-electron chi connectivity index (χ0n) is 10.1. The summed E-state index contributed by atoms with van der Waals surface area (Å²) < 4.78 is 0. The number of carbonyl (C=O) groups is 1. The smallest absolute Gasteiger partial charge is 0.256 e. The van der Waals surface area contributed by atoms with Crippen molar-refractivity contribution in [2.24, 2.45) is 0 Å². The van der Waals surface area contributed by atoms with Crippen LogP contribution in [0.2, 0.25) is 5.02 Å². The average Bonchev–Trinajstić information content (AvgIpc) is 2.42. The third-order valence-corrected chi connectivity index (χ3v) is 3.93. The van der Waals surface area contributed by atoms with Gasteiger partial charge >= 0.3 is 0 Å². The van der Waals surface area contributed by atoms with Gasteiger partial charge in [-0.2, -0.15) is 0 Å². The molecule has 5 heteroatoms. The van der Waals surface area contributed by atoms with Crippen molar-refractivity contribution in [3.8, 4) is 0 Å². The Morgan fingerprint density at radius 2 is 2.11 bits per heavy atom. The lowest BCUT2D eigenvalue weighted by atomic mass is 10.2. The molecular formula is C13H16ClNO2S. The maximum atomic E-state index is 11.8. The molecule has 0 aromatic heterocycles. The van der Waals surface area contributed by atoms with E-state index in [1.165, 1.54) is 10.6 Å². The fourth-order valence-corrected chi connectivity index (χ4v) is 2.68. The number of hydrogen-bond donors (Lipinski definition) is 0. The molecule has 0 unspecified atom stereocenters. The van der Waals surface area contributed by atoms with E-state index in [1.807, 2.05) is 24.3 Å². The third-order valence-electron chi connectivity index (χ3n) is 2.69. The van der Waals surface area contributed by atoms with Crippen LogP contribution in [0.25, 0.3) is 0 Å². The molecule has 1 heterocycles. The van der Waals surface area contributed by atoms with Gasteiger partial charge in [-0.15, -0.1) is 11.8 Å². The SMILES string of the molecule is O=C(CSCc1ccc(Cl)cc1)N1CCCCO1. The van der Waals surface area contributed by atoms with Gasteiger partial charge in [-0.25, -0.2) is 5.06 Å². The molecule has 1 amide bonds. The molecule has 1 aromatic carbocycles. The average molecular weight is 286 g/mol. The van der Waals surface area contributed by atoms with Crippen LogP contribution in [0, 0.1) is 0 Å². The van der Waals surface area contributed by atoms with Crippen LogP contribution in [0.4, 0.5) is 0 Å². The second-order valence-electron chi connectivity index (χ2n) is 4.16. The van der Waals surface area contributed by atoms with E-state index in [9.17, 15) is 4.79 Å². The Morgan fingerprint density at radius 1 is 1.33 bits per heavy atom. The Kier molecular flexibility index (Phi) is 5.35. The van der Waals surface area contributed by atoms with Crippen molar-refractivity contribution >= 4 is 29.3 Å². The zero-order chi connectivity index (χ0) is 12.8. The Hall–Kier alpha value is -0.710. The van der Waals surface area contributed by atoms with Crippen LogP contribution in [-0.4, -0.2) is 29.9 Å². The molecule has 98 valence electrons. The van der Waals surface area contributed by atoms with Crippen molar-refractivity contribution in [3.05, 3.63) is 34.9 Å². The summed E-state index contributed by atoms with van der Waals surface area (Å²) in [5.74, 6) is 1.34. The molecule has 0 radical (unpaired) electrons. The van der Waals surface area contributed by atoms with Gasteiger partial charge in [0.25, 0.3) is 5.91 Å². The number of benzene rings is 1. The first-order valence-corrected chi connectivity index (χ1v) is 7.54. The molecule has 0 spiro atoms. The first-order valence-electron chi connectivity index (χ1n) is 6.01. The van der Waals surface area contributed by atoms with Crippen LogP contribution in [0.5, 0.6) is 0 Å². The Morgan fingerprint density at radius 3 is 2.78 bits per heavy atom. The van der Waals surface area contributed by atoms with E-state index in [4.69, 9.17) is 16.4 Å². The summed E-state index contributed by atoms with van der Waals surface area (Å²) in [5, 5.41) is 2.24. The number of amides is 1. The van der Waals surface area contributed by atoms with Gasteiger partial charge in [-0.05, 0) is 30.5 Å². The van der Waals surface area contributed by atoms with E-state index in [1.54, 1.807) is 11.8 Å². The van der Waals surface area contributed by atoms with Gasteiger partial charge in [0.05, 0.1) is 12.4 Å². The maximum absolute atomic E-state index is 11.8. The van der Waals surface area contributed by atoms with E-state index >= 15 is 0 Å².